The second-order valence-electron chi connectivity index (χ2n) is 4.04. The van der Waals surface area contributed by atoms with Gasteiger partial charge in [-0.1, -0.05) is 12.1 Å². The van der Waals surface area contributed by atoms with Gasteiger partial charge in [0.1, 0.15) is 12.1 Å². The van der Waals surface area contributed by atoms with Crippen molar-refractivity contribution < 1.29 is 0 Å². The fourth-order valence-electron chi connectivity index (χ4n) is 1.76. The fraction of sp³-hybridized carbons (Fsp3) is 0.0667. The van der Waals surface area contributed by atoms with Crippen molar-refractivity contribution in [1.82, 2.24) is 0 Å². The first-order valence-electron chi connectivity index (χ1n) is 5.62. The van der Waals surface area contributed by atoms with Crippen LogP contribution in [0.2, 0.25) is 0 Å². The van der Waals surface area contributed by atoms with Crippen LogP contribution in [0.25, 0.3) is 0 Å². The third kappa shape index (κ3) is 2.76. The van der Waals surface area contributed by atoms with Crippen molar-refractivity contribution in [3.05, 3.63) is 57.6 Å². The molecule has 0 heterocycles. The van der Waals surface area contributed by atoms with E-state index < -0.39 is 0 Å². The highest BCUT2D eigenvalue weighted by molar-refractivity contribution is 9.10. The summed E-state index contributed by atoms with van der Waals surface area (Å²) in [7, 11) is 0. The maximum absolute atomic E-state index is 9.17. The monoisotopic (exact) mass is 311 g/mol. The number of nitriles is 2. The van der Waals surface area contributed by atoms with E-state index >= 15 is 0 Å². The molecular weight excluding hydrogens is 302 g/mol. The third-order valence-electron chi connectivity index (χ3n) is 2.75. The van der Waals surface area contributed by atoms with Gasteiger partial charge in [0.05, 0.1) is 16.8 Å². The summed E-state index contributed by atoms with van der Waals surface area (Å²) >= 11 is 3.34. The van der Waals surface area contributed by atoms with E-state index in [1.54, 1.807) is 6.07 Å². The highest BCUT2D eigenvalue weighted by Gasteiger charge is 2.06. The Bertz CT molecular complexity index is 708. The molecule has 2 aromatic rings. The van der Waals surface area contributed by atoms with E-state index in [1.165, 1.54) is 0 Å². The molecule has 0 aromatic heterocycles. The molecule has 0 aliphatic heterocycles. The molecule has 2 rings (SSSR count). The normalized spacial score (nSPS) is 9.47. The lowest BCUT2D eigenvalue weighted by Gasteiger charge is -2.10. The lowest BCUT2D eigenvalue weighted by Crippen LogP contribution is -1.95. The topological polar surface area (TPSA) is 59.6 Å². The zero-order valence-electron chi connectivity index (χ0n) is 10.2. The Morgan fingerprint density at radius 2 is 1.89 bits per heavy atom. The summed E-state index contributed by atoms with van der Waals surface area (Å²) in [6.07, 6.45) is 0. The summed E-state index contributed by atoms with van der Waals surface area (Å²) in [4.78, 5) is 0. The number of anilines is 2. The molecule has 19 heavy (non-hydrogen) atoms. The predicted molar refractivity (Wildman–Crippen MR) is 78.0 cm³/mol. The molecule has 0 bridgehead atoms. The number of benzene rings is 2. The summed E-state index contributed by atoms with van der Waals surface area (Å²) in [6, 6.07) is 15.3. The number of rotatable bonds is 2. The Morgan fingerprint density at radius 1 is 1.11 bits per heavy atom. The Labute approximate surface area is 120 Å². The number of halogens is 1. The van der Waals surface area contributed by atoms with Gasteiger partial charge >= 0.3 is 0 Å². The molecule has 0 radical (unpaired) electrons. The predicted octanol–water partition coefficient (Wildman–Crippen LogP) is 4.24. The van der Waals surface area contributed by atoms with Gasteiger partial charge in [-0.2, -0.15) is 10.5 Å². The van der Waals surface area contributed by atoms with Gasteiger partial charge in [-0.15, -0.1) is 0 Å². The fourth-order valence-corrected chi connectivity index (χ4v) is 2.23. The first kappa shape index (κ1) is 13.1. The van der Waals surface area contributed by atoms with Crippen LogP contribution in [0.5, 0.6) is 0 Å². The standard InChI is InChI=1S/C15H10BrN3/c1-10-3-2-4-15(13(10)9-18)19-12-6-5-11(8-17)14(16)7-12/h2-7,19H,1H3. The van der Waals surface area contributed by atoms with Crippen LogP contribution >= 0.6 is 15.9 Å². The smallest absolute Gasteiger partial charge is 0.102 e. The van der Waals surface area contributed by atoms with Gasteiger partial charge in [-0.05, 0) is 52.7 Å². The van der Waals surface area contributed by atoms with Gasteiger partial charge in [0.15, 0.2) is 0 Å². The van der Waals surface area contributed by atoms with Gasteiger partial charge in [-0.3, -0.25) is 0 Å². The van der Waals surface area contributed by atoms with Crippen molar-refractivity contribution in [3.8, 4) is 12.1 Å². The first-order valence-corrected chi connectivity index (χ1v) is 6.41. The quantitative estimate of drug-likeness (QED) is 0.902. The third-order valence-corrected chi connectivity index (χ3v) is 3.41. The van der Waals surface area contributed by atoms with Crippen molar-refractivity contribution in [3.63, 3.8) is 0 Å². The highest BCUT2D eigenvalue weighted by Crippen LogP contribution is 2.26. The molecule has 4 heteroatoms. The van der Waals surface area contributed by atoms with E-state index in [4.69, 9.17) is 5.26 Å². The van der Waals surface area contributed by atoms with Crippen molar-refractivity contribution in [2.45, 2.75) is 6.92 Å². The molecule has 0 saturated carbocycles. The number of aryl methyl sites for hydroxylation is 1. The van der Waals surface area contributed by atoms with Crippen molar-refractivity contribution in [2.24, 2.45) is 0 Å². The average molecular weight is 312 g/mol. The maximum Gasteiger partial charge on any atom is 0.102 e. The highest BCUT2D eigenvalue weighted by atomic mass is 79.9. The molecule has 0 unspecified atom stereocenters. The number of nitrogens with one attached hydrogen (secondary N) is 1. The van der Waals surface area contributed by atoms with Gasteiger partial charge < -0.3 is 5.32 Å². The molecule has 3 nitrogen and oxygen atoms in total. The van der Waals surface area contributed by atoms with Crippen LogP contribution in [-0.4, -0.2) is 0 Å². The molecule has 0 saturated heterocycles. The van der Waals surface area contributed by atoms with Crippen molar-refractivity contribution in [2.75, 3.05) is 5.32 Å². The minimum atomic E-state index is 0.579. The van der Waals surface area contributed by atoms with Gasteiger partial charge in [-0.25, -0.2) is 0 Å². The second-order valence-corrected chi connectivity index (χ2v) is 4.90. The van der Waals surface area contributed by atoms with Gasteiger partial charge in [0.2, 0.25) is 0 Å². The summed E-state index contributed by atoms with van der Waals surface area (Å²) in [6.45, 7) is 1.90. The molecule has 0 aliphatic rings. The van der Waals surface area contributed by atoms with Crippen LogP contribution in [0.1, 0.15) is 16.7 Å². The van der Waals surface area contributed by atoms with Gasteiger partial charge in [0.25, 0.3) is 0 Å². The van der Waals surface area contributed by atoms with E-state index in [0.29, 0.717) is 11.1 Å². The Hall–Kier alpha value is -2.30. The van der Waals surface area contributed by atoms with E-state index in [1.807, 2.05) is 37.3 Å². The number of nitrogens with zero attached hydrogens (tertiary/aromatic N) is 2. The largest absolute Gasteiger partial charge is 0.354 e. The van der Waals surface area contributed by atoms with E-state index in [2.05, 4.69) is 33.4 Å². The van der Waals surface area contributed by atoms with Crippen LogP contribution in [0.15, 0.2) is 40.9 Å². The molecule has 0 atom stereocenters. The number of hydrogen-bond acceptors (Lipinski definition) is 3. The molecule has 1 N–H and O–H groups in total. The van der Waals surface area contributed by atoms with Crippen LogP contribution in [0.3, 0.4) is 0 Å². The van der Waals surface area contributed by atoms with E-state index in [0.717, 1.165) is 21.4 Å². The molecule has 0 spiro atoms. The average Bonchev–Trinajstić information content (AvgIpc) is 2.39. The zero-order valence-corrected chi connectivity index (χ0v) is 11.8. The van der Waals surface area contributed by atoms with Gasteiger partial charge in [0, 0.05) is 10.2 Å². The summed E-state index contributed by atoms with van der Waals surface area (Å²) in [5.74, 6) is 0. The summed E-state index contributed by atoms with van der Waals surface area (Å²) < 4.78 is 0.728. The second kappa shape index (κ2) is 5.56. The SMILES string of the molecule is Cc1cccc(Nc2ccc(C#N)c(Br)c2)c1C#N. The van der Waals surface area contributed by atoms with Crippen molar-refractivity contribution >= 4 is 27.3 Å². The summed E-state index contributed by atoms with van der Waals surface area (Å²) in [5.41, 5.74) is 3.73. The first-order chi connectivity index (χ1) is 9.15. The maximum atomic E-state index is 9.17. The Morgan fingerprint density at radius 3 is 2.53 bits per heavy atom. The van der Waals surface area contributed by atoms with Crippen LogP contribution < -0.4 is 5.32 Å². The van der Waals surface area contributed by atoms with Crippen LogP contribution in [0.4, 0.5) is 11.4 Å². The number of hydrogen-bond donors (Lipinski definition) is 1. The Balaban J connectivity index is 2.38. The van der Waals surface area contributed by atoms with E-state index in [-0.39, 0.29) is 0 Å². The van der Waals surface area contributed by atoms with E-state index in [9.17, 15) is 5.26 Å². The molecule has 0 aliphatic carbocycles. The van der Waals surface area contributed by atoms with Crippen molar-refractivity contribution in [1.29, 1.82) is 10.5 Å². The Kier molecular flexibility index (Phi) is 3.85. The zero-order chi connectivity index (χ0) is 13.8. The minimum Gasteiger partial charge on any atom is -0.354 e. The summed E-state index contributed by atoms with van der Waals surface area (Å²) in [5, 5.41) is 21.2. The van der Waals surface area contributed by atoms with Crippen LogP contribution in [-0.2, 0) is 0 Å². The molecule has 92 valence electrons. The molecule has 2 aromatic carbocycles. The minimum absolute atomic E-state index is 0.579. The molecular formula is C15H10BrN3. The molecule has 0 fully saturated rings. The lowest BCUT2D eigenvalue weighted by molar-refractivity contribution is 1.38. The van der Waals surface area contributed by atoms with Crippen LogP contribution in [0, 0.1) is 29.6 Å². The molecule has 0 amide bonds. The lowest BCUT2D eigenvalue weighted by atomic mass is 10.1.